The zero-order valence-corrected chi connectivity index (χ0v) is 14.1. The lowest BCUT2D eigenvalue weighted by Gasteiger charge is -2.26. The summed E-state index contributed by atoms with van der Waals surface area (Å²) in [4.78, 5) is 18.5. The van der Waals surface area contributed by atoms with Gasteiger partial charge in [0.2, 0.25) is 0 Å². The number of rotatable bonds is 3. The van der Waals surface area contributed by atoms with Crippen molar-refractivity contribution in [3.63, 3.8) is 0 Å². The molecule has 1 saturated heterocycles. The maximum Gasteiger partial charge on any atom is 0.343 e. The van der Waals surface area contributed by atoms with Gasteiger partial charge in [0.25, 0.3) is 0 Å². The highest BCUT2D eigenvalue weighted by Gasteiger charge is 2.30. The van der Waals surface area contributed by atoms with Crippen LogP contribution in [0.1, 0.15) is 34.8 Å². The topological polar surface area (TPSA) is 80.0 Å². The van der Waals surface area contributed by atoms with Crippen molar-refractivity contribution in [2.45, 2.75) is 18.9 Å². The highest BCUT2D eigenvalue weighted by molar-refractivity contribution is 5.95. The average molecular weight is 356 g/mol. The van der Waals surface area contributed by atoms with Gasteiger partial charge in [0.1, 0.15) is 22.9 Å². The molecule has 0 radical (unpaired) electrons. The first-order chi connectivity index (χ1) is 12.6. The van der Waals surface area contributed by atoms with Crippen LogP contribution in [0.25, 0.3) is 5.65 Å². The van der Waals surface area contributed by atoms with Crippen LogP contribution in [0.5, 0.6) is 5.75 Å². The van der Waals surface area contributed by atoms with E-state index in [1.807, 2.05) is 4.90 Å². The number of anilines is 1. The largest absolute Gasteiger partial charge is 0.508 e. The van der Waals surface area contributed by atoms with E-state index in [1.54, 1.807) is 12.3 Å². The fourth-order valence-electron chi connectivity index (χ4n) is 3.43. The molecule has 0 aliphatic carbocycles. The summed E-state index contributed by atoms with van der Waals surface area (Å²) in [5.41, 5.74) is 1.20. The van der Waals surface area contributed by atoms with E-state index >= 15 is 0 Å². The summed E-state index contributed by atoms with van der Waals surface area (Å²) in [6, 6.07) is 5.55. The number of aromatic hydroxyl groups is 1. The van der Waals surface area contributed by atoms with Crippen molar-refractivity contribution in [3.8, 4) is 5.75 Å². The lowest BCUT2D eigenvalue weighted by molar-refractivity contribution is 0.0602. The minimum atomic E-state index is -0.509. The third kappa shape index (κ3) is 2.63. The fourth-order valence-corrected chi connectivity index (χ4v) is 3.43. The first-order valence-corrected chi connectivity index (χ1v) is 8.26. The van der Waals surface area contributed by atoms with Crippen molar-refractivity contribution in [3.05, 3.63) is 53.6 Å². The summed E-state index contributed by atoms with van der Waals surface area (Å²) in [5, 5.41) is 14.3. The molecule has 7 nitrogen and oxygen atoms in total. The highest BCUT2D eigenvalue weighted by atomic mass is 19.1. The summed E-state index contributed by atoms with van der Waals surface area (Å²) in [6.07, 6.45) is 4.78. The van der Waals surface area contributed by atoms with E-state index in [2.05, 4.69) is 10.1 Å². The SMILES string of the molecule is COC(=O)c1cnn2ccc(N3CCC[C@@H]3c3cc(F)ccc3O)nc12. The van der Waals surface area contributed by atoms with Gasteiger partial charge in [-0.3, -0.25) is 0 Å². The smallest absolute Gasteiger partial charge is 0.343 e. The zero-order valence-electron chi connectivity index (χ0n) is 14.1. The normalized spacial score (nSPS) is 17.0. The number of hydrogen-bond acceptors (Lipinski definition) is 6. The van der Waals surface area contributed by atoms with Gasteiger partial charge in [-0.25, -0.2) is 18.7 Å². The summed E-state index contributed by atoms with van der Waals surface area (Å²) in [7, 11) is 1.30. The van der Waals surface area contributed by atoms with Crippen molar-refractivity contribution in [2.24, 2.45) is 0 Å². The minimum absolute atomic E-state index is 0.0592. The van der Waals surface area contributed by atoms with Crippen LogP contribution < -0.4 is 4.90 Å². The van der Waals surface area contributed by atoms with Crippen LogP contribution in [-0.4, -0.2) is 39.3 Å². The molecule has 1 aliphatic rings. The zero-order chi connectivity index (χ0) is 18.3. The number of ether oxygens (including phenoxy) is 1. The molecule has 0 spiro atoms. The number of phenolic OH excluding ortho intramolecular Hbond substituents is 1. The van der Waals surface area contributed by atoms with E-state index < -0.39 is 11.8 Å². The van der Waals surface area contributed by atoms with Crippen molar-refractivity contribution >= 4 is 17.4 Å². The third-order valence-electron chi connectivity index (χ3n) is 4.66. The Kier molecular flexibility index (Phi) is 3.95. The molecule has 0 amide bonds. The predicted octanol–water partition coefficient (Wildman–Crippen LogP) is 2.70. The van der Waals surface area contributed by atoms with Gasteiger partial charge in [-0.2, -0.15) is 5.10 Å². The second-order valence-corrected chi connectivity index (χ2v) is 6.16. The number of esters is 1. The molecule has 0 unspecified atom stereocenters. The molecule has 1 aromatic carbocycles. The molecule has 1 N–H and O–H groups in total. The second kappa shape index (κ2) is 6.29. The molecule has 1 atom stereocenters. The lowest BCUT2D eigenvalue weighted by Crippen LogP contribution is -2.24. The van der Waals surface area contributed by atoms with Crippen LogP contribution in [0.15, 0.2) is 36.7 Å². The van der Waals surface area contributed by atoms with Gasteiger partial charge in [-0.15, -0.1) is 0 Å². The summed E-state index contributed by atoms with van der Waals surface area (Å²) in [6.45, 7) is 0.714. The number of phenols is 1. The number of fused-ring (bicyclic) bond motifs is 1. The molecule has 26 heavy (non-hydrogen) atoms. The van der Waals surface area contributed by atoms with Crippen LogP contribution in [0.2, 0.25) is 0 Å². The number of hydrogen-bond donors (Lipinski definition) is 1. The maximum atomic E-state index is 13.7. The Morgan fingerprint density at radius 2 is 2.23 bits per heavy atom. The summed E-state index contributed by atoms with van der Waals surface area (Å²) < 4.78 is 19.9. The molecule has 134 valence electrons. The van der Waals surface area contributed by atoms with Gasteiger partial charge in [-0.1, -0.05) is 0 Å². The molecule has 2 aromatic heterocycles. The Bertz CT molecular complexity index is 988. The van der Waals surface area contributed by atoms with Crippen LogP contribution in [0, 0.1) is 5.82 Å². The van der Waals surface area contributed by atoms with Crippen LogP contribution in [0.4, 0.5) is 10.2 Å². The molecule has 1 fully saturated rings. The number of nitrogens with zero attached hydrogens (tertiary/aromatic N) is 4. The average Bonchev–Trinajstić information content (AvgIpc) is 3.29. The monoisotopic (exact) mass is 356 g/mol. The highest BCUT2D eigenvalue weighted by Crippen LogP contribution is 2.39. The Morgan fingerprint density at radius 1 is 1.38 bits per heavy atom. The van der Waals surface area contributed by atoms with E-state index in [0.717, 1.165) is 12.8 Å². The number of methoxy groups -OCH3 is 1. The van der Waals surface area contributed by atoms with E-state index in [1.165, 1.54) is 36.0 Å². The number of benzene rings is 1. The van der Waals surface area contributed by atoms with Crippen LogP contribution in [-0.2, 0) is 4.74 Å². The first-order valence-electron chi connectivity index (χ1n) is 8.26. The van der Waals surface area contributed by atoms with E-state index in [4.69, 9.17) is 4.74 Å². The molecule has 3 heterocycles. The quantitative estimate of drug-likeness (QED) is 0.727. The standard InChI is InChI=1S/C18H17FN4O3/c1-26-18(25)13-10-20-23-8-6-16(21-17(13)23)22-7-2-3-14(22)12-9-11(19)4-5-15(12)24/h4-6,8-10,14,24H,2-3,7H2,1H3/t14-/m1/s1. The van der Waals surface area contributed by atoms with Crippen molar-refractivity contribution in [1.29, 1.82) is 0 Å². The second-order valence-electron chi connectivity index (χ2n) is 6.16. The van der Waals surface area contributed by atoms with Gasteiger partial charge in [0, 0.05) is 18.3 Å². The first kappa shape index (κ1) is 16.3. The van der Waals surface area contributed by atoms with Gasteiger partial charge in [0.15, 0.2) is 5.65 Å². The molecule has 8 heteroatoms. The minimum Gasteiger partial charge on any atom is -0.508 e. The fraction of sp³-hybridized carbons (Fsp3) is 0.278. The third-order valence-corrected chi connectivity index (χ3v) is 4.66. The van der Waals surface area contributed by atoms with Gasteiger partial charge < -0.3 is 14.7 Å². The summed E-state index contributed by atoms with van der Waals surface area (Å²) in [5.74, 6) is -0.208. The Morgan fingerprint density at radius 3 is 3.04 bits per heavy atom. The molecular formula is C18H17FN4O3. The van der Waals surface area contributed by atoms with Crippen molar-refractivity contribution in [1.82, 2.24) is 14.6 Å². The van der Waals surface area contributed by atoms with Gasteiger partial charge in [-0.05, 0) is 37.1 Å². The molecule has 1 aliphatic heterocycles. The molecular weight excluding hydrogens is 339 g/mol. The molecule has 4 rings (SSSR count). The lowest BCUT2D eigenvalue weighted by atomic mass is 10.0. The van der Waals surface area contributed by atoms with E-state index in [0.29, 0.717) is 23.6 Å². The molecule has 3 aromatic rings. The van der Waals surface area contributed by atoms with Crippen LogP contribution in [0.3, 0.4) is 0 Å². The van der Waals surface area contributed by atoms with Crippen molar-refractivity contribution in [2.75, 3.05) is 18.6 Å². The number of carbonyl (C=O) groups is 1. The van der Waals surface area contributed by atoms with Crippen molar-refractivity contribution < 1.29 is 19.0 Å². The number of carbonyl (C=O) groups excluding carboxylic acids is 1. The predicted molar refractivity (Wildman–Crippen MR) is 91.7 cm³/mol. The molecule has 0 saturated carbocycles. The Labute approximate surface area is 148 Å². The summed E-state index contributed by atoms with van der Waals surface area (Å²) >= 11 is 0. The van der Waals surface area contributed by atoms with Gasteiger partial charge >= 0.3 is 5.97 Å². The number of halogens is 1. The van der Waals surface area contributed by atoms with E-state index in [9.17, 15) is 14.3 Å². The Balaban J connectivity index is 1.76. The Hall–Kier alpha value is -3.16. The maximum absolute atomic E-state index is 13.7. The van der Waals surface area contributed by atoms with E-state index in [-0.39, 0.29) is 17.4 Å². The van der Waals surface area contributed by atoms with Gasteiger partial charge in [0.05, 0.1) is 19.3 Å². The van der Waals surface area contributed by atoms with Crippen LogP contribution >= 0.6 is 0 Å². The number of aromatic nitrogens is 3. The molecule has 0 bridgehead atoms.